The molecule has 148 valence electrons. The van der Waals surface area contributed by atoms with Crippen LogP contribution in [0.2, 0.25) is 5.02 Å². The molecule has 1 amide bonds. The number of rotatable bonds is 6. The van der Waals surface area contributed by atoms with Gasteiger partial charge in [-0.1, -0.05) is 29.8 Å². The first-order valence-electron chi connectivity index (χ1n) is 8.80. The molecule has 0 aromatic heterocycles. The lowest BCUT2D eigenvalue weighted by Crippen LogP contribution is -2.44. The van der Waals surface area contributed by atoms with Crippen LogP contribution in [0.3, 0.4) is 0 Å². The molecule has 2 atom stereocenters. The van der Waals surface area contributed by atoms with Crippen LogP contribution in [0.15, 0.2) is 24.3 Å². The third-order valence-corrected chi connectivity index (χ3v) is 5.18. The average molecular weight is 425 g/mol. The smallest absolute Gasteiger partial charge is 0.221 e. The molecule has 0 saturated carbocycles. The molecule has 0 bridgehead atoms. The van der Waals surface area contributed by atoms with Gasteiger partial charge in [0, 0.05) is 37.1 Å². The molecule has 2 fully saturated rings. The maximum absolute atomic E-state index is 12.3. The molecule has 0 spiro atoms. The largest absolute Gasteiger partial charge is 0.379 e. The van der Waals surface area contributed by atoms with Gasteiger partial charge in [-0.05, 0) is 31.0 Å². The maximum atomic E-state index is 12.3. The molecule has 2 heterocycles. The molecular weight excluding hydrogens is 397 g/mol. The van der Waals surface area contributed by atoms with Crippen molar-refractivity contribution < 1.29 is 9.53 Å². The molecule has 0 aliphatic carbocycles. The van der Waals surface area contributed by atoms with E-state index in [9.17, 15) is 4.79 Å². The van der Waals surface area contributed by atoms with Crippen LogP contribution in [0.25, 0.3) is 0 Å². The number of nitrogens with one attached hydrogen (secondary N) is 2. The Morgan fingerprint density at radius 3 is 2.69 bits per heavy atom. The molecular formula is C18H28Cl3N3O2. The highest BCUT2D eigenvalue weighted by atomic mass is 35.5. The highest BCUT2D eigenvalue weighted by Gasteiger charge is 2.25. The molecule has 5 nitrogen and oxygen atoms in total. The summed E-state index contributed by atoms with van der Waals surface area (Å²) in [6.45, 7) is 4.76. The van der Waals surface area contributed by atoms with E-state index in [1.54, 1.807) is 0 Å². The summed E-state index contributed by atoms with van der Waals surface area (Å²) in [7, 11) is 0. The van der Waals surface area contributed by atoms with E-state index in [0.29, 0.717) is 19.0 Å². The molecule has 3 rings (SSSR count). The van der Waals surface area contributed by atoms with Gasteiger partial charge in [0.2, 0.25) is 5.91 Å². The summed E-state index contributed by atoms with van der Waals surface area (Å²) in [6, 6.07) is 8.31. The Morgan fingerprint density at radius 2 is 2.04 bits per heavy atom. The molecule has 2 aliphatic rings. The first-order chi connectivity index (χ1) is 11.7. The second-order valence-electron chi connectivity index (χ2n) is 6.49. The molecule has 2 saturated heterocycles. The number of carbonyl (C=O) groups excluding carboxylic acids is 1. The Balaban J connectivity index is 0.00000169. The number of benzene rings is 1. The van der Waals surface area contributed by atoms with Crippen LogP contribution in [0.4, 0.5) is 0 Å². The monoisotopic (exact) mass is 423 g/mol. The second kappa shape index (κ2) is 12.0. The number of carbonyl (C=O) groups is 1. The summed E-state index contributed by atoms with van der Waals surface area (Å²) in [5.74, 6) is 0.111. The fourth-order valence-electron chi connectivity index (χ4n) is 3.51. The zero-order chi connectivity index (χ0) is 16.8. The Hall–Kier alpha value is -0.560. The van der Waals surface area contributed by atoms with E-state index in [4.69, 9.17) is 16.3 Å². The number of halogens is 3. The Morgan fingerprint density at radius 1 is 1.31 bits per heavy atom. The highest BCUT2D eigenvalue weighted by Crippen LogP contribution is 2.27. The van der Waals surface area contributed by atoms with E-state index >= 15 is 0 Å². The van der Waals surface area contributed by atoms with Crippen LogP contribution in [0, 0.1) is 0 Å². The van der Waals surface area contributed by atoms with Crippen molar-refractivity contribution in [2.75, 3.05) is 39.4 Å². The van der Waals surface area contributed by atoms with Crippen molar-refractivity contribution >= 4 is 42.3 Å². The highest BCUT2D eigenvalue weighted by molar-refractivity contribution is 6.31. The minimum absolute atomic E-state index is 0. The van der Waals surface area contributed by atoms with Gasteiger partial charge in [-0.3, -0.25) is 9.69 Å². The van der Waals surface area contributed by atoms with E-state index in [0.717, 1.165) is 56.3 Å². The second-order valence-corrected chi connectivity index (χ2v) is 6.89. The number of nitrogens with zero attached hydrogens (tertiary/aromatic N) is 1. The van der Waals surface area contributed by atoms with Crippen molar-refractivity contribution in [3.8, 4) is 0 Å². The Labute approximate surface area is 173 Å². The number of ether oxygens (including phenoxy) is 1. The molecule has 2 aliphatic heterocycles. The van der Waals surface area contributed by atoms with Gasteiger partial charge in [0.1, 0.15) is 0 Å². The number of hydrogen-bond acceptors (Lipinski definition) is 4. The summed E-state index contributed by atoms with van der Waals surface area (Å²) in [5, 5.41) is 7.23. The third kappa shape index (κ3) is 6.55. The van der Waals surface area contributed by atoms with Gasteiger partial charge in [0.25, 0.3) is 0 Å². The van der Waals surface area contributed by atoms with Crippen molar-refractivity contribution in [1.82, 2.24) is 15.5 Å². The molecule has 0 radical (unpaired) electrons. The first-order valence-corrected chi connectivity index (χ1v) is 9.18. The van der Waals surface area contributed by atoms with Gasteiger partial charge in [0.05, 0.1) is 19.3 Å². The zero-order valence-electron chi connectivity index (χ0n) is 14.8. The van der Waals surface area contributed by atoms with Gasteiger partial charge in [0.15, 0.2) is 0 Å². The Bertz CT molecular complexity index is 550. The van der Waals surface area contributed by atoms with Crippen molar-refractivity contribution in [3.63, 3.8) is 0 Å². The van der Waals surface area contributed by atoms with Crippen LogP contribution in [0.1, 0.15) is 30.9 Å². The summed E-state index contributed by atoms with van der Waals surface area (Å²) in [5.41, 5.74) is 1.07. The lowest BCUT2D eigenvalue weighted by molar-refractivity contribution is -0.121. The number of hydrogen-bond donors (Lipinski definition) is 2. The van der Waals surface area contributed by atoms with Crippen LogP contribution in [-0.2, 0) is 9.53 Å². The summed E-state index contributed by atoms with van der Waals surface area (Å²) in [6.07, 6.45) is 2.80. The first kappa shape index (κ1) is 23.5. The molecule has 1 aromatic carbocycles. The van der Waals surface area contributed by atoms with Crippen LogP contribution in [0.5, 0.6) is 0 Å². The maximum Gasteiger partial charge on any atom is 0.221 e. The zero-order valence-corrected chi connectivity index (χ0v) is 17.2. The Kier molecular flexibility index (Phi) is 10.8. The molecule has 26 heavy (non-hydrogen) atoms. The minimum Gasteiger partial charge on any atom is -0.379 e. The van der Waals surface area contributed by atoms with Gasteiger partial charge in [-0.25, -0.2) is 0 Å². The summed E-state index contributed by atoms with van der Waals surface area (Å²) in [4.78, 5) is 14.6. The van der Waals surface area contributed by atoms with E-state index < -0.39 is 0 Å². The summed E-state index contributed by atoms with van der Waals surface area (Å²) < 4.78 is 5.46. The van der Waals surface area contributed by atoms with Crippen molar-refractivity contribution in [3.05, 3.63) is 34.9 Å². The normalized spacial score (nSPS) is 21.3. The number of morpholine rings is 1. The van der Waals surface area contributed by atoms with Gasteiger partial charge < -0.3 is 15.4 Å². The molecule has 2 unspecified atom stereocenters. The predicted molar refractivity (Wildman–Crippen MR) is 110 cm³/mol. The fourth-order valence-corrected chi connectivity index (χ4v) is 3.77. The topological polar surface area (TPSA) is 53.6 Å². The lowest BCUT2D eigenvalue weighted by atomic mass is 10.0. The van der Waals surface area contributed by atoms with E-state index in [2.05, 4.69) is 15.5 Å². The lowest BCUT2D eigenvalue weighted by Gasteiger charge is -2.35. The van der Waals surface area contributed by atoms with Crippen LogP contribution in [-0.4, -0.2) is 56.2 Å². The molecule has 2 N–H and O–H groups in total. The van der Waals surface area contributed by atoms with Gasteiger partial charge in [-0.2, -0.15) is 0 Å². The van der Waals surface area contributed by atoms with Crippen molar-refractivity contribution in [1.29, 1.82) is 0 Å². The summed E-state index contributed by atoms with van der Waals surface area (Å²) >= 11 is 6.41. The quantitative estimate of drug-likeness (QED) is 0.737. The van der Waals surface area contributed by atoms with Gasteiger partial charge >= 0.3 is 0 Å². The number of amides is 1. The van der Waals surface area contributed by atoms with E-state index in [1.807, 2.05) is 24.3 Å². The van der Waals surface area contributed by atoms with Crippen LogP contribution >= 0.6 is 36.4 Å². The van der Waals surface area contributed by atoms with Crippen LogP contribution < -0.4 is 10.6 Å². The fraction of sp³-hybridized carbons (Fsp3) is 0.611. The minimum atomic E-state index is 0. The average Bonchev–Trinajstić information content (AvgIpc) is 3.10. The molecule has 8 heteroatoms. The van der Waals surface area contributed by atoms with Crippen molar-refractivity contribution in [2.24, 2.45) is 0 Å². The van der Waals surface area contributed by atoms with Gasteiger partial charge in [-0.15, -0.1) is 24.8 Å². The predicted octanol–water partition coefficient (Wildman–Crippen LogP) is 2.82. The van der Waals surface area contributed by atoms with E-state index in [-0.39, 0.29) is 36.8 Å². The van der Waals surface area contributed by atoms with E-state index in [1.165, 1.54) is 0 Å². The van der Waals surface area contributed by atoms with Crippen molar-refractivity contribution in [2.45, 2.75) is 31.3 Å². The molecule has 1 aromatic rings. The standard InChI is InChI=1S/C18H26ClN3O2.2ClH/c19-16-6-2-1-5-15(16)17(22-8-10-24-11-9-22)13-21-18(23)12-14-4-3-7-20-14;;/h1-2,5-6,14,17,20H,3-4,7-13H2,(H,21,23);2*1H. The third-order valence-electron chi connectivity index (χ3n) is 4.84. The SMILES string of the molecule is Cl.Cl.O=C(CC1CCCN1)NCC(c1ccccc1Cl)N1CCOCC1.